The van der Waals surface area contributed by atoms with E-state index in [1.54, 1.807) is 0 Å². The molecule has 5 nitrogen and oxygen atoms in total. The van der Waals surface area contributed by atoms with Gasteiger partial charge in [0, 0.05) is 38.9 Å². The van der Waals surface area contributed by atoms with E-state index in [2.05, 4.69) is 16.8 Å². The van der Waals surface area contributed by atoms with Crippen molar-refractivity contribution in [3.63, 3.8) is 0 Å². The quantitative estimate of drug-likeness (QED) is 0.866. The minimum atomic E-state index is -0.331. The molecule has 0 saturated carbocycles. The van der Waals surface area contributed by atoms with Gasteiger partial charge < -0.3 is 10.6 Å². The van der Waals surface area contributed by atoms with Crippen molar-refractivity contribution in [1.29, 1.82) is 0 Å². The lowest BCUT2D eigenvalue weighted by Crippen LogP contribution is -2.52. The largest absolute Gasteiger partial charge is 0.339 e. The summed E-state index contributed by atoms with van der Waals surface area (Å²) in [6, 6.07) is 5.64. The molecule has 5 heteroatoms. The predicted molar refractivity (Wildman–Crippen MR) is 79.0 cm³/mol. The molecule has 1 aromatic rings. The highest BCUT2D eigenvalue weighted by molar-refractivity contribution is 5.81. The van der Waals surface area contributed by atoms with Crippen molar-refractivity contribution >= 4 is 5.91 Å². The molecule has 1 aromatic heterocycles. The predicted octanol–water partition coefficient (Wildman–Crippen LogP) is 0.853. The number of nitrogens with two attached hydrogens (primary N) is 1. The van der Waals surface area contributed by atoms with Gasteiger partial charge in [0.05, 0.1) is 11.7 Å². The van der Waals surface area contributed by atoms with Gasteiger partial charge >= 0.3 is 0 Å². The second-order valence-corrected chi connectivity index (χ2v) is 5.32. The summed E-state index contributed by atoms with van der Waals surface area (Å²) in [7, 11) is 0. The standard InChI is InChI=1S/C15H24N4O/c1-2-5-14(16)15(20)19-10-8-18(9-11-19)12-13-6-3-4-7-17-13/h3-4,6-7,14H,2,5,8-12,16H2,1H3/t14-/m0/s1. The number of aromatic nitrogens is 1. The van der Waals surface area contributed by atoms with Crippen LogP contribution in [-0.4, -0.2) is 52.9 Å². The highest BCUT2D eigenvalue weighted by atomic mass is 16.2. The summed E-state index contributed by atoms with van der Waals surface area (Å²) in [4.78, 5) is 20.7. The van der Waals surface area contributed by atoms with Crippen LogP contribution in [-0.2, 0) is 11.3 Å². The lowest BCUT2D eigenvalue weighted by atomic mass is 10.1. The fourth-order valence-electron chi connectivity index (χ4n) is 2.52. The van der Waals surface area contributed by atoms with Crippen LogP contribution in [0.5, 0.6) is 0 Å². The zero-order chi connectivity index (χ0) is 14.4. The molecule has 0 aliphatic carbocycles. The smallest absolute Gasteiger partial charge is 0.239 e. The Morgan fingerprint density at radius 1 is 1.35 bits per heavy atom. The Hall–Kier alpha value is -1.46. The summed E-state index contributed by atoms with van der Waals surface area (Å²) in [6.07, 6.45) is 3.54. The molecule has 1 atom stereocenters. The highest BCUT2D eigenvalue weighted by Crippen LogP contribution is 2.08. The molecule has 0 unspecified atom stereocenters. The number of nitrogens with zero attached hydrogens (tertiary/aromatic N) is 3. The molecular formula is C15H24N4O. The second-order valence-electron chi connectivity index (χ2n) is 5.32. The van der Waals surface area contributed by atoms with Crippen molar-refractivity contribution in [1.82, 2.24) is 14.8 Å². The first kappa shape index (κ1) is 14.9. The summed E-state index contributed by atoms with van der Waals surface area (Å²) in [5, 5.41) is 0. The van der Waals surface area contributed by atoms with Crippen molar-refractivity contribution in [3.05, 3.63) is 30.1 Å². The molecule has 110 valence electrons. The second kappa shape index (κ2) is 7.36. The molecule has 1 fully saturated rings. The number of hydrogen-bond acceptors (Lipinski definition) is 4. The SMILES string of the molecule is CCC[C@H](N)C(=O)N1CCN(Cc2ccccn2)CC1. The minimum Gasteiger partial charge on any atom is -0.339 e. The van der Waals surface area contributed by atoms with Gasteiger partial charge in [0.1, 0.15) is 0 Å². The van der Waals surface area contributed by atoms with Crippen LogP contribution in [0.15, 0.2) is 24.4 Å². The monoisotopic (exact) mass is 276 g/mol. The molecule has 1 amide bonds. The third-order valence-electron chi connectivity index (χ3n) is 3.71. The van der Waals surface area contributed by atoms with Gasteiger partial charge in [-0.25, -0.2) is 0 Å². The summed E-state index contributed by atoms with van der Waals surface area (Å²) in [5.74, 6) is 0.101. The van der Waals surface area contributed by atoms with Crippen LogP contribution in [0.4, 0.5) is 0 Å². The Bertz CT molecular complexity index is 415. The fourth-order valence-corrected chi connectivity index (χ4v) is 2.52. The van der Waals surface area contributed by atoms with Crippen molar-refractivity contribution in [2.24, 2.45) is 5.73 Å². The van der Waals surface area contributed by atoms with Crippen molar-refractivity contribution in [2.45, 2.75) is 32.4 Å². The molecule has 2 heterocycles. The van der Waals surface area contributed by atoms with E-state index >= 15 is 0 Å². The molecule has 0 aromatic carbocycles. The number of carbonyl (C=O) groups excluding carboxylic acids is 1. The Labute approximate surface area is 120 Å². The molecule has 0 radical (unpaired) electrons. The molecule has 0 bridgehead atoms. The molecule has 1 aliphatic rings. The van der Waals surface area contributed by atoms with Crippen LogP contribution in [0.2, 0.25) is 0 Å². The van der Waals surface area contributed by atoms with Crippen molar-refractivity contribution in [2.75, 3.05) is 26.2 Å². The van der Waals surface area contributed by atoms with E-state index in [1.807, 2.05) is 29.3 Å². The Morgan fingerprint density at radius 2 is 2.10 bits per heavy atom. The van der Waals surface area contributed by atoms with Crippen LogP contribution in [0.1, 0.15) is 25.5 Å². The number of piperazine rings is 1. The summed E-state index contributed by atoms with van der Waals surface area (Å²) in [5.41, 5.74) is 6.98. The van der Waals surface area contributed by atoms with Gasteiger partial charge in [0.15, 0.2) is 0 Å². The van der Waals surface area contributed by atoms with Crippen LogP contribution < -0.4 is 5.73 Å². The van der Waals surface area contributed by atoms with Crippen molar-refractivity contribution < 1.29 is 4.79 Å². The zero-order valence-electron chi connectivity index (χ0n) is 12.2. The van der Waals surface area contributed by atoms with Crippen LogP contribution in [0.3, 0.4) is 0 Å². The van der Waals surface area contributed by atoms with E-state index in [4.69, 9.17) is 5.73 Å². The number of carbonyl (C=O) groups is 1. The van der Waals surface area contributed by atoms with Gasteiger partial charge in [-0.1, -0.05) is 19.4 Å². The van der Waals surface area contributed by atoms with Crippen LogP contribution in [0, 0.1) is 0 Å². The fraction of sp³-hybridized carbons (Fsp3) is 0.600. The molecule has 2 N–H and O–H groups in total. The number of amides is 1. The minimum absolute atomic E-state index is 0.101. The Kier molecular flexibility index (Phi) is 5.49. The van der Waals surface area contributed by atoms with E-state index in [9.17, 15) is 4.79 Å². The summed E-state index contributed by atoms with van der Waals surface area (Å²) < 4.78 is 0. The Balaban J connectivity index is 1.79. The van der Waals surface area contributed by atoms with Gasteiger partial charge in [-0.15, -0.1) is 0 Å². The topological polar surface area (TPSA) is 62.5 Å². The van der Waals surface area contributed by atoms with E-state index < -0.39 is 0 Å². The van der Waals surface area contributed by atoms with Gasteiger partial charge in [-0.2, -0.15) is 0 Å². The summed E-state index contributed by atoms with van der Waals surface area (Å²) >= 11 is 0. The first-order valence-corrected chi connectivity index (χ1v) is 7.37. The molecule has 0 spiro atoms. The first-order chi connectivity index (χ1) is 9.70. The maximum Gasteiger partial charge on any atom is 0.239 e. The lowest BCUT2D eigenvalue weighted by molar-refractivity contribution is -0.134. The average molecular weight is 276 g/mol. The van der Waals surface area contributed by atoms with Crippen LogP contribution >= 0.6 is 0 Å². The lowest BCUT2D eigenvalue weighted by Gasteiger charge is -2.35. The molecule has 2 rings (SSSR count). The number of pyridine rings is 1. The third kappa shape index (κ3) is 4.02. The van der Waals surface area contributed by atoms with E-state index in [1.165, 1.54) is 0 Å². The summed E-state index contributed by atoms with van der Waals surface area (Å²) in [6.45, 7) is 6.22. The normalized spacial score (nSPS) is 18.0. The van der Waals surface area contributed by atoms with Crippen molar-refractivity contribution in [3.8, 4) is 0 Å². The van der Waals surface area contributed by atoms with E-state index in [0.29, 0.717) is 0 Å². The molecule has 1 saturated heterocycles. The average Bonchev–Trinajstić information content (AvgIpc) is 2.48. The van der Waals surface area contributed by atoms with E-state index in [-0.39, 0.29) is 11.9 Å². The van der Waals surface area contributed by atoms with Gasteiger partial charge in [-0.3, -0.25) is 14.7 Å². The Morgan fingerprint density at radius 3 is 2.70 bits per heavy atom. The maximum absolute atomic E-state index is 12.1. The molecule has 20 heavy (non-hydrogen) atoms. The molecule has 1 aliphatic heterocycles. The van der Waals surface area contributed by atoms with Gasteiger partial charge in [0.2, 0.25) is 5.91 Å². The first-order valence-electron chi connectivity index (χ1n) is 7.37. The number of hydrogen-bond donors (Lipinski definition) is 1. The molecular weight excluding hydrogens is 252 g/mol. The highest BCUT2D eigenvalue weighted by Gasteiger charge is 2.24. The third-order valence-corrected chi connectivity index (χ3v) is 3.71. The maximum atomic E-state index is 12.1. The van der Waals surface area contributed by atoms with Gasteiger partial charge in [0.25, 0.3) is 0 Å². The zero-order valence-corrected chi connectivity index (χ0v) is 12.2. The van der Waals surface area contributed by atoms with Gasteiger partial charge in [-0.05, 0) is 18.6 Å². The van der Waals surface area contributed by atoms with Crippen LogP contribution in [0.25, 0.3) is 0 Å². The number of rotatable bonds is 5. The van der Waals surface area contributed by atoms with E-state index in [0.717, 1.165) is 51.3 Å².